The minimum Gasteiger partial charge on any atom is -0.338 e. The first-order valence-electron chi connectivity index (χ1n) is 8.21. The molecule has 2 saturated heterocycles. The van der Waals surface area contributed by atoms with Crippen molar-refractivity contribution < 1.29 is 4.79 Å². The van der Waals surface area contributed by atoms with Gasteiger partial charge in [0, 0.05) is 38.6 Å². The van der Waals surface area contributed by atoms with Crippen molar-refractivity contribution in [3.05, 3.63) is 30.1 Å². The average Bonchev–Trinajstić information content (AvgIpc) is 3.23. The Morgan fingerprint density at radius 1 is 1.19 bits per heavy atom. The van der Waals surface area contributed by atoms with E-state index in [0.717, 1.165) is 24.6 Å². The Kier molecular flexibility index (Phi) is 3.42. The van der Waals surface area contributed by atoms with Crippen molar-refractivity contribution in [2.45, 2.75) is 19.3 Å². The first-order valence-corrected chi connectivity index (χ1v) is 8.21. The summed E-state index contributed by atoms with van der Waals surface area (Å²) in [6.45, 7) is 5.58. The van der Waals surface area contributed by atoms with E-state index in [4.69, 9.17) is 0 Å². The number of likely N-dealkylation sites (tertiary alicyclic amines) is 2. The predicted molar refractivity (Wildman–Crippen MR) is 80.9 cm³/mol. The second kappa shape index (κ2) is 5.41. The van der Waals surface area contributed by atoms with E-state index in [2.05, 4.69) is 9.88 Å². The van der Waals surface area contributed by atoms with Gasteiger partial charge in [0.2, 0.25) is 0 Å². The lowest BCUT2D eigenvalue weighted by Crippen LogP contribution is -2.40. The normalized spacial score (nSPS) is 29.4. The standard InChI is InChI=1S/C17H23N3O/c21-17(14-2-1-6-18-8-14)20-11-15-5-7-19(9-13-3-4-13)10-16(15)12-20/h1-2,6,8,13,15-16H,3-5,7,9-12H2/t15-,16+/m0/s1. The molecule has 1 saturated carbocycles. The van der Waals surface area contributed by atoms with E-state index in [-0.39, 0.29) is 5.91 Å². The molecule has 1 aromatic heterocycles. The van der Waals surface area contributed by atoms with E-state index in [1.54, 1.807) is 12.4 Å². The molecule has 0 N–H and O–H groups in total. The quantitative estimate of drug-likeness (QED) is 0.851. The van der Waals surface area contributed by atoms with Crippen LogP contribution in [0, 0.1) is 17.8 Å². The molecule has 1 aromatic rings. The summed E-state index contributed by atoms with van der Waals surface area (Å²) in [6, 6.07) is 3.71. The van der Waals surface area contributed by atoms with Crippen LogP contribution in [-0.2, 0) is 0 Å². The molecule has 4 rings (SSSR count). The molecule has 0 spiro atoms. The largest absolute Gasteiger partial charge is 0.338 e. The van der Waals surface area contributed by atoms with Gasteiger partial charge < -0.3 is 9.80 Å². The van der Waals surface area contributed by atoms with Crippen LogP contribution in [0.4, 0.5) is 0 Å². The van der Waals surface area contributed by atoms with E-state index >= 15 is 0 Å². The zero-order valence-electron chi connectivity index (χ0n) is 12.4. The van der Waals surface area contributed by atoms with Gasteiger partial charge in [-0.1, -0.05) is 0 Å². The Labute approximate surface area is 126 Å². The highest BCUT2D eigenvalue weighted by molar-refractivity contribution is 5.94. The number of piperidine rings is 1. The van der Waals surface area contributed by atoms with E-state index in [0.29, 0.717) is 11.8 Å². The first-order chi connectivity index (χ1) is 10.3. The molecule has 1 aliphatic carbocycles. The summed E-state index contributed by atoms with van der Waals surface area (Å²) in [5, 5.41) is 0. The summed E-state index contributed by atoms with van der Waals surface area (Å²) in [7, 11) is 0. The summed E-state index contributed by atoms with van der Waals surface area (Å²) in [5.41, 5.74) is 0.728. The van der Waals surface area contributed by atoms with Crippen molar-refractivity contribution in [2.75, 3.05) is 32.7 Å². The third-order valence-corrected chi connectivity index (χ3v) is 5.29. The van der Waals surface area contributed by atoms with Crippen LogP contribution in [0.5, 0.6) is 0 Å². The molecule has 0 unspecified atom stereocenters. The van der Waals surface area contributed by atoms with E-state index in [9.17, 15) is 4.79 Å². The number of carbonyl (C=O) groups excluding carboxylic acids is 1. The Bertz CT molecular complexity index is 514. The number of aromatic nitrogens is 1. The fraction of sp³-hybridized carbons (Fsp3) is 0.647. The molecule has 1 amide bonds. The smallest absolute Gasteiger partial charge is 0.255 e. The Morgan fingerprint density at radius 2 is 2.05 bits per heavy atom. The minimum atomic E-state index is 0.159. The maximum atomic E-state index is 12.5. The Hall–Kier alpha value is -1.42. The second-order valence-corrected chi connectivity index (χ2v) is 6.96. The maximum Gasteiger partial charge on any atom is 0.255 e. The van der Waals surface area contributed by atoms with Gasteiger partial charge in [-0.15, -0.1) is 0 Å². The van der Waals surface area contributed by atoms with E-state index < -0.39 is 0 Å². The van der Waals surface area contributed by atoms with E-state index in [1.165, 1.54) is 38.9 Å². The summed E-state index contributed by atoms with van der Waals surface area (Å²) in [6.07, 6.45) is 7.51. The zero-order valence-corrected chi connectivity index (χ0v) is 12.4. The van der Waals surface area contributed by atoms with Crippen LogP contribution in [0.1, 0.15) is 29.6 Å². The fourth-order valence-electron chi connectivity index (χ4n) is 3.91. The molecular formula is C17H23N3O. The Morgan fingerprint density at radius 3 is 2.81 bits per heavy atom. The summed E-state index contributed by atoms with van der Waals surface area (Å²) in [5.74, 6) is 2.52. The summed E-state index contributed by atoms with van der Waals surface area (Å²) in [4.78, 5) is 21.3. The molecule has 3 aliphatic rings. The highest BCUT2D eigenvalue weighted by atomic mass is 16.2. The van der Waals surface area contributed by atoms with Gasteiger partial charge in [0.05, 0.1) is 5.56 Å². The molecule has 2 atom stereocenters. The Balaban J connectivity index is 1.39. The van der Waals surface area contributed by atoms with Crippen LogP contribution in [0.2, 0.25) is 0 Å². The fourth-order valence-corrected chi connectivity index (χ4v) is 3.91. The molecule has 0 bridgehead atoms. The highest BCUT2D eigenvalue weighted by Crippen LogP contribution is 2.35. The number of fused-ring (bicyclic) bond motifs is 1. The molecule has 4 heteroatoms. The van der Waals surface area contributed by atoms with Crippen molar-refractivity contribution in [2.24, 2.45) is 17.8 Å². The first kappa shape index (κ1) is 13.3. The van der Waals surface area contributed by atoms with Crippen LogP contribution in [-0.4, -0.2) is 53.4 Å². The monoisotopic (exact) mass is 285 g/mol. The lowest BCUT2D eigenvalue weighted by Gasteiger charge is -2.34. The summed E-state index contributed by atoms with van der Waals surface area (Å²) >= 11 is 0. The van der Waals surface area contributed by atoms with Gasteiger partial charge in [-0.2, -0.15) is 0 Å². The number of carbonyl (C=O) groups is 1. The van der Waals surface area contributed by atoms with Gasteiger partial charge in [-0.05, 0) is 55.7 Å². The van der Waals surface area contributed by atoms with Crippen LogP contribution in [0.3, 0.4) is 0 Å². The maximum absolute atomic E-state index is 12.5. The third-order valence-electron chi connectivity index (χ3n) is 5.29. The molecule has 3 heterocycles. The highest BCUT2D eigenvalue weighted by Gasteiger charge is 2.39. The molecule has 3 fully saturated rings. The van der Waals surface area contributed by atoms with Crippen LogP contribution < -0.4 is 0 Å². The van der Waals surface area contributed by atoms with Crippen molar-refractivity contribution >= 4 is 5.91 Å². The van der Waals surface area contributed by atoms with Crippen molar-refractivity contribution in [3.63, 3.8) is 0 Å². The van der Waals surface area contributed by atoms with Crippen LogP contribution >= 0.6 is 0 Å². The van der Waals surface area contributed by atoms with Crippen LogP contribution in [0.25, 0.3) is 0 Å². The summed E-state index contributed by atoms with van der Waals surface area (Å²) < 4.78 is 0. The molecule has 21 heavy (non-hydrogen) atoms. The SMILES string of the molecule is O=C(c1cccnc1)N1C[C@H]2CN(CC3CC3)CC[C@H]2C1. The third kappa shape index (κ3) is 2.82. The lowest BCUT2D eigenvalue weighted by molar-refractivity contribution is 0.0783. The van der Waals surface area contributed by atoms with Gasteiger partial charge in [0.15, 0.2) is 0 Å². The number of nitrogens with zero attached hydrogens (tertiary/aromatic N) is 3. The molecular weight excluding hydrogens is 262 g/mol. The number of pyridine rings is 1. The average molecular weight is 285 g/mol. The zero-order chi connectivity index (χ0) is 14.2. The molecule has 4 nitrogen and oxygen atoms in total. The predicted octanol–water partition coefficient (Wildman–Crippen LogP) is 1.89. The van der Waals surface area contributed by atoms with Gasteiger partial charge in [-0.3, -0.25) is 9.78 Å². The minimum absolute atomic E-state index is 0.159. The van der Waals surface area contributed by atoms with Crippen molar-refractivity contribution in [3.8, 4) is 0 Å². The molecule has 2 aliphatic heterocycles. The lowest BCUT2D eigenvalue weighted by atomic mass is 9.88. The topological polar surface area (TPSA) is 36.4 Å². The van der Waals surface area contributed by atoms with Gasteiger partial charge in [0.25, 0.3) is 5.91 Å². The number of hydrogen-bond acceptors (Lipinski definition) is 3. The van der Waals surface area contributed by atoms with Gasteiger partial charge in [-0.25, -0.2) is 0 Å². The second-order valence-electron chi connectivity index (χ2n) is 6.96. The number of hydrogen-bond donors (Lipinski definition) is 0. The van der Waals surface area contributed by atoms with Crippen LogP contribution in [0.15, 0.2) is 24.5 Å². The molecule has 112 valence electrons. The molecule has 0 aromatic carbocycles. The van der Waals surface area contributed by atoms with E-state index in [1.807, 2.05) is 17.0 Å². The molecule has 0 radical (unpaired) electrons. The number of rotatable bonds is 3. The van der Waals surface area contributed by atoms with Gasteiger partial charge in [0.1, 0.15) is 0 Å². The number of amides is 1. The van der Waals surface area contributed by atoms with Crippen molar-refractivity contribution in [1.82, 2.24) is 14.8 Å². The van der Waals surface area contributed by atoms with Crippen molar-refractivity contribution in [1.29, 1.82) is 0 Å². The van der Waals surface area contributed by atoms with Gasteiger partial charge >= 0.3 is 0 Å².